The fourth-order valence-corrected chi connectivity index (χ4v) is 0.764. The lowest BCUT2D eigenvalue weighted by atomic mass is 10.7. The molecule has 0 radical (unpaired) electrons. The molecule has 4 nitrogen and oxygen atoms in total. The quantitative estimate of drug-likeness (QED) is 0.461. The van der Waals surface area contributed by atoms with Crippen LogP contribution >= 0.6 is 0 Å². The summed E-state index contributed by atoms with van der Waals surface area (Å²) in [6.07, 6.45) is 1.91. The van der Waals surface area contributed by atoms with Crippen LogP contribution in [-0.2, 0) is 14.6 Å². The van der Waals surface area contributed by atoms with E-state index in [0.717, 1.165) is 12.5 Å². The number of hydrogen-bond acceptors (Lipinski definition) is 4. The van der Waals surface area contributed by atoms with E-state index in [1.807, 2.05) is 0 Å². The molecule has 0 saturated heterocycles. The standard InChI is InChI=1S/C6H9NO3S/c1-3-10-5-6(4-7)11(2,8)9/h5H,3H2,1-2H3/b6-5+. The molecule has 0 rings (SSSR count). The molecule has 0 aliphatic carbocycles. The average Bonchev–Trinajstić information content (AvgIpc) is 1.87. The van der Waals surface area contributed by atoms with Gasteiger partial charge in [0.1, 0.15) is 12.3 Å². The molecule has 0 amide bonds. The summed E-state index contributed by atoms with van der Waals surface area (Å²) in [5.41, 5.74) is 0. The molecule has 0 bridgehead atoms. The Morgan fingerprint density at radius 1 is 1.73 bits per heavy atom. The molecule has 0 N–H and O–H groups in total. The van der Waals surface area contributed by atoms with Crippen LogP contribution in [-0.4, -0.2) is 21.3 Å². The molecular formula is C6H9NO3S. The van der Waals surface area contributed by atoms with Crippen LogP contribution in [0.15, 0.2) is 11.2 Å². The van der Waals surface area contributed by atoms with E-state index in [-0.39, 0.29) is 4.91 Å². The van der Waals surface area contributed by atoms with Crippen molar-refractivity contribution in [2.45, 2.75) is 6.92 Å². The second-order valence-corrected chi connectivity index (χ2v) is 3.81. The first kappa shape index (κ1) is 9.98. The first-order valence-corrected chi connectivity index (χ1v) is 4.83. The van der Waals surface area contributed by atoms with Crippen LogP contribution in [0.1, 0.15) is 6.92 Å². The predicted octanol–water partition coefficient (Wildman–Crippen LogP) is 0.432. The van der Waals surface area contributed by atoms with Gasteiger partial charge >= 0.3 is 0 Å². The highest BCUT2D eigenvalue weighted by Crippen LogP contribution is 2.01. The van der Waals surface area contributed by atoms with Crippen molar-refractivity contribution < 1.29 is 13.2 Å². The van der Waals surface area contributed by atoms with Crippen LogP contribution < -0.4 is 0 Å². The third-order valence-electron chi connectivity index (χ3n) is 0.867. The maximum atomic E-state index is 10.7. The van der Waals surface area contributed by atoms with Crippen molar-refractivity contribution in [2.24, 2.45) is 0 Å². The van der Waals surface area contributed by atoms with Gasteiger partial charge in [0, 0.05) is 6.26 Å². The van der Waals surface area contributed by atoms with Crippen molar-refractivity contribution in [1.82, 2.24) is 0 Å². The minimum Gasteiger partial charge on any atom is -0.499 e. The van der Waals surface area contributed by atoms with E-state index < -0.39 is 9.84 Å². The Labute approximate surface area is 66.0 Å². The SMILES string of the molecule is CCO/C=C(\C#N)S(C)(=O)=O. The second-order valence-electron chi connectivity index (χ2n) is 1.82. The van der Waals surface area contributed by atoms with Crippen LogP contribution in [0.25, 0.3) is 0 Å². The fourth-order valence-electron chi connectivity index (χ4n) is 0.356. The molecule has 0 heterocycles. The molecular weight excluding hydrogens is 166 g/mol. The maximum Gasteiger partial charge on any atom is 0.188 e. The molecule has 5 heteroatoms. The van der Waals surface area contributed by atoms with E-state index in [0.29, 0.717) is 6.61 Å². The van der Waals surface area contributed by atoms with Crippen molar-refractivity contribution in [3.05, 3.63) is 11.2 Å². The van der Waals surface area contributed by atoms with Gasteiger partial charge < -0.3 is 4.74 Å². The summed E-state index contributed by atoms with van der Waals surface area (Å²) in [6.45, 7) is 2.05. The van der Waals surface area contributed by atoms with E-state index in [1.165, 1.54) is 6.07 Å². The van der Waals surface area contributed by atoms with Gasteiger partial charge in [-0.3, -0.25) is 0 Å². The van der Waals surface area contributed by atoms with Crippen molar-refractivity contribution in [3.63, 3.8) is 0 Å². The summed E-state index contributed by atoms with van der Waals surface area (Å²) in [5, 5.41) is 8.31. The first-order chi connectivity index (χ1) is 5.02. The lowest BCUT2D eigenvalue weighted by Gasteiger charge is -1.94. The number of sulfone groups is 1. The Balaban J connectivity index is 4.60. The minimum absolute atomic E-state index is 0.348. The molecule has 0 aliphatic heterocycles. The monoisotopic (exact) mass is 175 g/mol. The highest BCUT2D eigenvalue weighted by atomic mass is 32.2. The first-order valence-electron chi connectivity index (χ1n) is 2.94. The molecule has 0 unspecified atom stereocenters. The summed E-state index contributed by atoms with van der Waals surface area (Å²) >= 11 is 0. The Bertz CT molecular complexity index is 283. The van der Waals surface area contributed by atoms with Crippen LogP contribution in [0.4, 0.5) is 0 Å². The van der Waals surface area contributed by atoms with Crippen molar-refractivity contribution in [1.29, 1.82) is 5.26 Å². The van der Waals surface area contributed by atoms with Crippen LogP contribution in [0, 0.1) is 11.3 Å². The normalized spacial score (nSPS) is 12.3. The predicted molar refractivity (Wildman–Crippen MR) is 40.2 cm³/mol. The van der Waals surface area contributed by atoms with Gasteiger partial charge in [0.15, 0.2) is 14.7 Å². The van der Waals surface area contributed by atoms with Crippen LogP contribution in [0.3, 0.4) is 0 Å². The van der Waals surface area contributed by atoms with E-state index in [9.17, 15) is 8.42 Å². The second kappa shape index (κ2) is 3.98. The number of nitrogens with zero attached hydrogens (tertiary/aromatic N) is 1. The summed E-state index contributed by atoms with van der Waals surface area (Å²) in [5.74, 6) is 0. The number of nitriles is 1. The third kappa shape index (κ3) is 3.63. The molecule has 0 saturated carbocycles. The number of ether oxygens (including phenoxy) is 1. The molecule has 0 fully saturated rings. The van der Waals surface area contributed by atoms with Crippen LogP contribution in [0.5, 0.6) is 0 Å². The summed E-state index contributed by atoms with van der Waals surface area (Å²) in [6, 6.07) is 1.52. The molecule has 0 aromatic rings. The van der Waals surface area contributed by atoms with Gasteiger partial charge in [-0.1, -0.05) is 0 Å². The molecule has 0 spiro atoms. The minimum atomic E-state index is -3.41. The van der Waals surface area contributed by atoms with Gasteiger partial charge in [-0.2, -0.15) is 5.26 Å². The highest BCUT2D eigenvalue weighted by molar-refractivity contribution is 7.94. The lowest BCUT2D eigenvalue weighted by Crippen LogP contribution is -1.99. The van der Waals surface area contributed by atoms with E-state index >= 15 is 0 Å². The number of rotatable bonds is 3. The maximum absolute atomic E-state index is 10.7. The van der Waals surface area contributed by atoms with Gasteiger partial charge in [0.25, 0.3) is 0 Å². The fraction of sp³-hybridized carbons (Fsp3) is 0.500. The lowest BCUT2D eigenvalue weighted by molar-refractivity contribution is 0.268. The van der Waals surface area contributed by atoms with Crippen LogP contribution in [0.2, 0.25) is 0 Å². The molecule has 11 heavy (non-hydrogen) atoms. The Kier molecular flexibility index (Phi) is 3.61. The van der Waals surface area contributed by atoms with Gasteiger partial charge in [-0.05, 0) is 6.92 Å². The Hall–Kier alpha value is -1.02. The zero-order valence-electron chi connectivity index (χ0n) is 6.36. The largest absolute Gasteiger partial charge is 0.499 e. The molecule has 0 aliphatic rings. The summed E-state index contributed by atoms with van der Waals surface area (Å²) < 4.78 is 26.0. The van der Waals surface area contributed by atoms with Crippen molar-refractivity contribution in [3.8, 4) is 6.07 Å². The van der Waals surface area contributed by atoms with Crippen molar-refractivity contribution >= 4 is 9.84 Å². The zero-order chi connectivity index (χ0) is 8.91. The van der Waals surface area contributed by atoms with Gasteiger partial charge in [-0.25, -0.2) is 8.42 Å². The van der Waals surface area contributed by atoms with Gasteiger partial charge in [-0.15, -0.1) is 0 Å². The molecule has 0 atom stereocenters. The summed E-state index contributed by atoms with van der Waals surface area (Å²) in [4.78, 5) is -0.348. The van der Waals surface area contributed by atoms with E-state index in [1.54, 1.807) is 6.92 Å². The van der Waals surface area contributed by atoms with E-state index in [2.05, 4.69) is 4.74 Å². The third-order valence-corrected chi connectivity index (χ3v) is 1.85. The molecule has 62 valence electrons. The molecule has 0 aromatic carbocycles. The van der Waals surface area contributed by atoms with Crippen molar-refractivity contribution in [2.75, 3.05) is 12.9 Å². The van der Waals surface area contributed by atoms with Gasteiger partial charge in [0.2, 0.25) is 0 Å². The Morgan fingerprint density at radius 2 is 2.27 bits per heavy atom. The smallest absolute Gasteiger partial charge is 0.188 e. The highest BCUT2D eigenvalue weighted by Gasteiger charge is 2.09. The molecule has 0 aromatic heterocycles. The summed E-state index contributed by atoms with van der Waals surface area (Å²) in [7, 11) is -3.41. The zero-order valence-corrected chi connectivity index (χ0v) is 7.18. The van der Waals surface area contributed by atoms with E-state index in [4.69, 9.17) is 5.26 Å². The number of hydrogen-bond donors (Lipinski definition) is 0. The Morgan fingerprint density at radius 3 is 2.55 bits per heavy atom. The van der Waals surface area contributed by atoms with Gasteiger partial charge in [0.05, 0.1) is 6.61 Å². The average molecular weight is 175 g/mol. The topological polar surface area (TPSA) is 67.2 Å². The number of allylic oxidation sites excluding steroid dienone is 1.